The maximum atomic E-state index is 13.2. The Morgan fingerprint density at radius 3 is 2.59 bits per heavy atom. The van der Waals surface area contributed by atoms with Gasteiger partial charge < -0.3 is 14.9 Å². The Balaban J connectivity index is 2.09. The van der Waals surface area contributed by atoms with Crippen LogP contribution in [-0.2, 0) is 21.2 Å². The number of benzene rings is 1. The minimum Gasteiger partial charge on any atom is -0.465 e. The number of carbonyl (C=O) groups excluding carboxylic acids is 1. The zero-order valence-corrected chi connectivity index (χ0v) is 16.4. The molecule has 144 valence electrons. The van der Waals surface area contributed by atoms with Crippen LogP contribution in [0.5, 0.6) is 0 Å². The first kappa shape index (κ1) is 19.4. The van der Waals surface area contributed by atoms with E-state index in [4.69, 9.17) is 5.11 Å². The van der Waals surface area contributed by atoms with Crippen molar-refractivity contribution in [3.8, 4) is 0 Å². The minimum atomic E-state index is -3.82. The van der Waals surface area contributed by atoms with Gasteiger partial charge in [-0.05, 0) is 31.0 Å². The maximum Gasteiger partial charge on any atom is 0.407 e. The monoisotopic (exact) mass is 408 g/mol. The quantitative estimate of drug-likeness (QED) is 0.820. The molecule has 1 aromatic carbocycles. The molecule has 27 heavy (non-hydrogen) atoms. The van der Waals surface area contributed by atoms with E-state index in [0.29, 0.717) is 23.5 Å². The molecular formula is C18H20N2O5S2. The fraction of sp³-hybridized carbons (Fsp3) is 0.333. The van der Waals surface area contributed by atoms with Gasteiger partial charge in [0, 0.05) is 24.9 Å². The average molecular weight is 409 g/mol. The molecule has 0 saturated carbocycles. The van der Waals surface area contributed by atoms with Crippen LogP contribution in [0.4, 0.5) is 10.5 Å². The second kappa shape index (κ2) is 7.69. The highest BCUT2D eigenvalue weighted by atomic mass is 32.2. The number of hydrogen-bond acceptors (Lipinski definition) is 5. The summed E-state index contributed by atoms with van der Waals surface area (Å²) in [6, 6.07) is 9.68. The number of nitrogens with zero attached hydrogens (tertiary/aromatic N) is 2. The lowest BCUT2D eigenvalue weighted by Gasteiger charge is -2.26. The summed E-state index contributed by atoms with van der Waals surface area (Å²) < 4.78 is 26.4. The molecule has 1 aromatic heterocycles. The molecule has 0 atom stereocenters. The number of rotatable bonds is 5. The fourth-order valence-corrected chi connectivity index (χ4v) is 6.10. The van der Waals surface area contributed by atoms with E-state index in [2.05, 4.69) is 0 Å². The van der Waals surface area contributed by atoms with Crippen molar-refractivity contribution in [3.05, 3.63) is 41.3 Å². The van der Waals surface area contributed by atoms with Crippen LogP contribution in [-0.4, -0.2) is 44.0 Å². The zero-order valence-electron chi connectivity index (χ0n) is 14.8. The highest BCUT2D eigenvalue weighted by molar-refractivity contribution is 7.93. The predicted molar refractivity (Wildman–Crippen MR) is 102 cm³/mol. The fourth-order valence-electron chi connectivity index (χ4n) is 2.94. The molecule has 0 unspecified atom stereocenters. The van der Waals surface area contributed by atoms with Crippen LogP contribution in [0.2, 0.25) is 0 Å². The number of carbonyl (C=O) groups is 2. The number of piperidine rings is 1. The number of anilines is 1. The molecule has 3 rings (SSSR count). The Bertz CT molecular complexity index is 953. The summed E-state index contributed by atoms with van der Waals surface area (Å²) in [7, 11) is -2.40. The minimum absolute atomic E-state index is 0.0549. The van der Waals surface area contributed by atoms with Crippen LogP contribution >= 0.6 is 11.3 Å². The van der Waals surface area contributed by atoms with Gasteiger partial charge in [0.25, 0.3) is 0 Å². The molecule has 2 heterocycles. The Kier molecular flexibility index (Phi) is 5.52. The Hall–Kier alpha value is -2.39. The lowest BCUT2D eigenvalue weighted by Crippen LogP contribution is -2.35. The molecule has 7 nitrogen and oxygen atoms in total. The summed E-state index contributed by atoms with van der Waals surface area (Å²) in [5.74, 6) is -0.110. The van der Waals surface area contributed by atoms with Gasteiger partial charge in [0.1, 0.15) is 4.21 Å². The Morgan fingerprint density at radius 1 is 1.26 bits per heavy atom. The summed E-state index contributed by atoms with van der Waals surface area (Å²) in [6.07, 6.45) is 0.864. The van der Waals surface area contributed by atoms with Crippen LogP contribution in [0.1, 0.15) is 24.1 Å². The van der Waals surface area contributed by atoms with E-state index >= 15 is 0 Å². The second-order valence-corrected chi connectivity index (χ2v) is 9.62. The molecule has 1 aliphatic heterocycles. The van der Waals surface area contributed by atoms with Crippen LogP contribution in [0, 0.1) is 0 Å². The average Bonchev–Trinajstić information content (AvgIpc) is 3.07. The molecule has 2 amide bonds. The summed E-state index contributed by atoms with van der Waals surface area (Å²) in [5.41, 5.74) is 0.349. The number of thiophene rings is 1. The van der Waals surface area contributed by atoms with E-state index in [1.54, 1.807) is 24.3 Å². The third-order valence-electron chi connectivity index (χ3n) is 4.36. The van der Waals surface area contributed by atoms with Crippen molar-refractivity contribution in [2.24, 2.45) is 0 Å². The lowest BCUT2D eigenvalue weighted by molar-refractivity contribution is -0.119. The predicted octanol–water partition coefficient (Wildman–Crippen LogP) is 3.21. The van der Waals surface area contributed by atoms with Crippen molar-refractivity contribution in [1.29, 1.82) is 0 Å². The number of sulfone groups is 1. The molecule has 1 N–H and O–H groups in total. The van der Waals surface area contributed by atoms with Gasteiger partial charge in [-0.25, -0.2) is 13.2 Å². The highest BCUT2D eigenvalue weighted by Crippen LogP contribution is 2.39. The molecule has 0 aliphatic carbocycles. The topological polar surface area (TPSA) is 95.0 Å². The molecule has 9 heteroatoms. The summed E-state index contributed by atoms with van der Waals surface area (Å²) >= 11 is 1.02. The molecule has 1 fully saturated rings. The molecule has 0 spiro atoms. The summed E-state index contributed by atoms with van der Waals surface area (Å²) in [6.45, 7) is 0.514. The summed E-state index contributed by atoms with van der Waals surface area (Å²) in [5, 5.41) is 9.10. The molecule has 0 radical (unpaired) electrons. The number of hydrogen-bond donors (Lipinski definition) is 1. The van der Waals surface area contributed by atoms with E-state index in [9.17, 15) is 18.0 Å². The molecule has 0 bridgehead atoms. The smallest absolute Gasteiger partial charge is 0.407 e. The van der Waals surface area contributed by atoms with Crippen LogP contribution < -0.4 is 4.90 Å². The first-order valence-corrected chi connectivity index (χ1v) is 10.8. The Labute approximate surface area is 161 Å². The normalized spacial score (nSPS) is 15.0. The molecule has 1 saturated heterocycles. The van der Waals surface area contributed by atoms with Crippen molar-refractivity contribution in [2.75, 3.05) is 18.5 Å². The van der Waals surface area contributed by atoms with E-state index < -0.39 is 15.9 Å². The van der Waals surface area contributed by atoms with E-state index in [1.165, 1.54) is 24.1 Å². The van der Waals surface area contributed by atoms with Crippen molar-refractivity contribution in [3.63, 3.8) is 0 Å². The van der Waals surface area contributed by atoms with Gasteiger partial charge in [-0.15, -0.1) is 11.3 Å². The molecule has 1 aliphatic rings. The van der Waals surface area contributed by atoms with Gasteiger partial charge in [-0.3, -0.25) is 4.79 Å². The third-order valence-corrected chi connectivity index (χ3v) is 7.76. The lowest BCUT2D eigenvalue weighted by atomic mass is 10.1. The standard InChI is InChI=1S/C18H20N2O5S2/c1-19(18(22)23)12-13-11-15(20-10-6-5-9-16(20)21)17(26-13)27(24,25)14-7-3-2-4-8-14/h2-4,7-8,11H,5-6,9-10,12H2,1H3,(H,22,23). The summed E-state index contributed by atoms with van der Waals surface area (Å²) in [4.78, 5) is 26.8. The molecular weight excluding hydrogens is 388 g/mol. The van der Waals surface area contributed by atoms with Crippen LogP contribution in [0.15, 0.2) is 45.5 Å². The van der Waals surface area contributed by atoms with Crippen molar-refractivity contribution < 1.29 is 23.1 Å². The maximum absolute atomic E-state index is 13.2. The Morgan fingerprint density at radius 2 is 1.96 bits per heavy atom. The van der Waals surface area contributed by atoms with Gasteiger partial charge in [-0.1, -0.05) is 18.2 Å². The van der Waals surface area contributed by atoms with Crippen molar-refractivity contribution in [2.45, 2.75) is 34.9 Å². The van der Waals surface area contributed by atoms with Crippen molar-refractivity contribution in [1.82, 2.24) is 4.90 Å². The van der Waals surface area contributed by atoms with Crippen LogP contribution in [0.25, 0.3) is 0 Å². The van der Waals surface area contributed by atoms with E-state index in [-0.39, 0.29) is 21.6 Å². The first-order chi connectivity index (χ1) is 12.8. The van der Waals surface area contributed by atoms with Gasteiger partial charge in [0.05, 0.1) is 17.1 Å². The van der Waals surface area contributed by atoms with Gasteiger partial charge in [-0.2, -0.15) is 0 Å². The van der Waals surface area contributed by atoms with Crippen LogP contribution in [0.3, 0.4) is 0 Å². The molecule has 2 aromatic rings. The van der Waals surface area contributed by atoms with Gasteiger partial charge in [0.2, 0.25) is 15.7 Å². The third kappa shape index (κ3) is 3.98. The van der Waals surface area contributed by atoms with E-state index in [0.717, 1.165) is 29.1 Å². The highest BCUT2D eigenvalue weighted by Gasteiger charge is 2.31. The zero-order chi connectivity index (χ0) is 19.6. The van der Waals surface area contributed by atoms with Gasteiger partial charge >= 0.3 is 6.09 Å². The van der Waals surface area contributed by atoms with E-state index in [1.807, 2.05) is 0 Å². The second-order valence-electron chi connectivity index (χ2n) is 6.34. The van der Waals surface area contributed by atoms with Gasteiger partial charge in [0.15, 0.2) is 0 Å². The largest absolute Gasteiger partial charge is 0.465 e. The SMILES string of the molecule is CN(Cc1cc(N2CCCCC2=O)c(S(=O)(=O)c2ccccc2)s1)C(=O)O. The first-order valence-electron chi connectivity index (χ1n) is 8.48. The number of carboxylic acid groups (broad SMARTS) is 1. The van der Waals surface area contributed by atoms with Crippen molar-refractivity contribution >= 4 is 38.9 Å². The number of amides is 2.